The minimum absolute atomic E-state index is 0. The molecule has 0 heterocycles. The monoisotopic (exact) mass is 344 g/mol. The second-order valence-corrected chi connectivity index (χ2v) is 2.89. The van der Waals surface area contributed by atoms with E-state index in [9.17, 15) is 20.4 Å². The van der Waals surface area contributed by atoms with E-state index >= 15 is 0 Å². The van der Waals surface area contributed by atoms with Crippen molar-refractivity contribution in [3.8, 4) is 23.0 Å². The van der Waals surface area contributed by atoms with Crippen molar-refractivity contribution in [1.82, 2.24) is 0 Å². The fourth-order valence-corrected chi connectivity index (χ4v) is 0.900. The molecule has 2 aromatic carbocycles. The van der Waals surface area contributed by atoms with Gasteiger partial charge in [0.15, 0.2) is 0 Å². The third-order valence-corrected chi connectivity index (χ3v) is 1.70. The third kappa shape index (κ3) is 6.58. The molecule has 84 valence electrons. The van der Waals surface area contributed by atoms with Gasteiger partial charge in [0.05, 0.1) is 0 Å². The van der Waals surface area contributed by atoms with Gasteiger partial charge in [0.2, 0.25) is 0 Å². The van der Waals surface area contributed by atoms with Gasteiger partial charge >= 0.3 is 39.0 Å². The van der Waals surface area contributed by atoms with Gasteiger partial charge in [-0.2, -0.15) is 0 Å². The van der Waals surface area contributed by atoms with Crippen molar-refractivity contribution in [2.45, 2.75) is 0 Å². The van der Waals surface area contributed by atoms with E-state index in [2.05, 4.69) is 0 Å². The predicted octanol–water partition coefficient (Wildman–Crippen LogP) is -0.337. The SMILES string of the molecule is [O-]c1ccccc1[O-].[O-]c1ccccc1[O-].[Zn+2].[Zn+2]. The standard InChI is InChI=1S/2C6H6O2.2Zn/c2*7-5-3-1-2-4-6(5)8;;/h2*1-4,7-8H;;/q;;2*+2/p-4. The maximum Gasteiger partial charge on any atom is 2.00 e. The van der Waals surface area contributed by atoms with E-state index in [-0.39, 0.29) is 39.0 Å². The van der Waals surface area contributed by atoms with Crippen LogP contribution in [0, 0.1) is 0 Å². The molecule has 0 radical (unpaired) electrons. The Kier molecular flexibility index (Phi) is 10.5. The quantitative estimate of drug-likeness (QED) is 0.610. The molecular formula is C12H8O4Zn2. The molecule has 0 saturated carbocycles. The summed E-state index contributed by atoms with van der Waals surface area (Å²) in [5, 5.41) is 41.2. The van der Waals surface area contributed by atoms with Gasteiger partial charge in [0.1, 0.15) is 0 Å². The van der Waals surface area contributed by atoms with Gasteiger partial charge in [0, 0.05) is 0 Å². The van der Waals surface area contributed by atoms with Crippen LogP contribution in [-0.2, 0) is 39.0 Å². The van der Waals surface area contributed by atoms with Crippen molar-refractivity contribution in [2.24, 2.45) is 0 Å². The maximum absolute atomic E-state index is 10.3. The Labute approximate surface area is 130 Å². The van der Waals surface area contributed by atoms with E-state index in [1.54, 1.807) is 24.3 Å². The van der Waals surface area contributed by atoms with Crippen LogP contribution in [0.4, 0.5) is 0 Å². The Morgan fingerprint density at radius 2 is 0.611 bits per heavy atom. The third-order valence-electron chi connectivity index (χ3n) is 1.70. The van der Waals surface area contributed by atoms with Crippen molar-refractivity contribution in [3.05, 3.63) is 48.5 Å². The smallest absolute Gasteiger partial charge is 0.873 e. The molecule has 4 nitrogen and oxygen atoms in total. The second kappa shape index (κ2) is 9.87. The summed E-state index contributed by atoms with van der Waals surface area (Å²) in [5.41, 5.74) is 0. The number of rotatable bonds is 0. The van der Waals surface area contributed by atoms with Crippen LogP contribution in [-0.4, -0.2) is 0 Å². The first-order valence-electron chi connectivity index (χ1n) is 4.47. The van der Waals surface area contributed by atoms with E-state index in [0.29, 0.717) is 0 Å². The summed E-state index contributed by atoms with van der Waals surface area (Å²) in [7, 11) is 0. The van der Waals surface area contributed by atoms with E-state index < -0.39 is 23.0 Å². The van der Waals surface area contributed by atoms with Gasteiger partial charge in [-0.15, -0.1) is 23.0 Å². The summed E-state index contributed by atoms with van der Waals surface area (Å²) in [6, 6.07) is 11.2. The van der Waals surface area contributed by atoms with Gasteiger partial charge < -0.3 is 20.4 Å². The number of hydrogen-bond donors (Lipinski definition) is 0. The molecule has 6 heteroatoms. The molecule has 0 saturated heterocycles. The topological polar surface area (TPSA) is 92.2 Å². The molecule has 18 heavy (non-hydrogen) atoms. The van der Waals surface area contributed by atoms with Crippen molar-refractivity contribution in [3.63, 3.8) is 0 Å². The van der Waals surface area contributed by atoms with E-state index in [4.69, 9.17) is 0 Å². The minimum Gasteiger partial charge on any atom is -0.873 e. The first-order chi connectivity index (χ1) is 7.61. The fourth-order valence-electron chi connectivity index (χ4n) is 0.900. The molecule has 0 N–H and O–H groups in total. The van der Waals surface area contributed by atoms with Crippen molar-refractivity contribution < 1.29 is 59.4 Å². The number of para-hydroxylation sites is 4. The largest absolute Gasteiger partial charge is 2.00 e. The first kappa shape index (κ1) is 19.2. The average Bonchev–Trinajstić information content (AvgIpc) is 2.28. The van der Waals surface area contributed by atoms with Crippen LogP contribution >= 0.6 is 0 Å². The average molecular weight is 347 g/mol. The summed E-state index contributed by atoms with van der Waals surface area (Å²) < 4.78 is 0. The zero-order valence-corrected chi connectivity index (χ0v) is 15.6. The molecule has 0 bridgehead atoms. The predicted molar refractivity (Wildman–Crippen MR) is 50.7 cm³/mol. The van der Waals surface area contributed by atoms with Crippen LogP contribution in [0.5, 0.6) is 23.0 Å². The molecule has 0 fully saturated rings. The summed E-state index contributed by atoms with van der Waals surface area (Å²) in [5.74, 6) is -1.75. The maximum atomic E-state index is 10.3. The molecule has 0 aliphatic rings. The van der Waals surface area contributed by atoms with Gasteiger partial charge in [-0.25, -0.2) is 0 Å². The Balaban J connectivity index is 0. The molecule has 0 aromatic heterocycles. The molecule has 0 aliphatic heterocycles. The number of benzene rings is 2. The van der Waals surface area contributed by atoms with Crippen LogP contribution in [0.3, 0.4) is 0 Å². The van der Waals surface area contributed by atoms with E-state index in [1.807, 2.05) is 0 Å². The molecule has 2 rings (SSSR count). The zero-order valence-electron chi connectivity index (χ0n) is 9.67. The van der Waals surface area contributed by atoms with Crippen LogP contribution in [0.2, 0.25) is 0 Å². The molecule has 0 aliphatic carbocycles. The Morgan fingerprint density at radius 1 is 0.444 bits per heavy atom. The Hall–Kier alpha value is -1.11. The van der Waals surface area contributed by atoms with Gasteiger partial charge in [0.25, 0.3) is 0 Å². The van der Waals surface area contributed by atoms with E-state index in [0.717, 1.165) is 0 Å². The minimum atomic E-state index is -0.437. The first-order valence-corrected chi connectivity index (χ1v) is 4.47. The molecule has 0 amide bonds. The van der Waals surface area contributed by atoms with Crippen LogP contribution < -0.4 is 20.4 Å². The van der Waals surface area contributed by atoms with Crippen molar-refractivity contribution >= 4 is 0 Å². The Morgan fingerprint density at radius 3 is 0.722 bits per heavy atom. The van der Waals surface area contributed by atoms with Gasteiger partial charge in [-0.3, -0.25) is 0 Å². The van der Waals surface area contributed by atoms with Gasteiger partial charge in [-0.05, 0) is 0 Å². The van der Waals surface area contributed by atoms with Crippen molar-refractivity contribution in [2.75, 3.05) is 0 Å². The normalized spacial score (nSPS) is 8.00. The summed E-state index contributed by atoms with van der Waals surface area (Å²) >= 11 is 0. The van der Waals surface area contributed by atoms with Crippen molar-refractivity contribution in [1.29, 1.82) is 0 Å². The zero-order chi connectivity index (χ0) is 12.0. The van der Waals surface area contributed by atoms with Crippen LogP contribution in [0.1, 0.15) is 0 Å². The second-order valence-electron chi connectivity index (χ2n) is 2.89. The van der Waals surface area contributed by atoms with E-state index in [1.165, 1.54) is 24.3 Å². The molecule has 0 unspecified atom stereocenters. The molecular weight excluding hydrogens is 339 g/mol. The van der Waals surface area contributed by atoms with Crippen LogP contribution in [0.25, 0.3) is 0 Å². The fraction of sp³-hybridized carbons (Fsp3) is 0. The summed E-state index contributed by atoms with van der Waals surface area (Å²) in [6.45, 7) is 0. The van der Waals surface area contributed by atoms with Crippen LogP contribution in [0.15, 0.2) is 48.5 Å². The summed E-state index contributed by atoms with van der Waals surface area (Å²) in [4.78, 5) is 0. The number of hydrogen-bond acceptors (Lipinski definition) is 4. The Bertz CT molecular complexity index is 378. The molecule has 2 aromatic rings. The molecule has 0 spiro atoms. The summed E-state index contributed by atoms with van der Waals surface area (Å²) in [6.07, 6.45) is 0. The molecule has 0 atom stereocenters. The van der Waals surface area contributed by atoms with Gasteiger partial charge in [-0.1, -0.05) is 48.5 Å².